The summed E-state index contributed by atoms with van der Waals surface area (Å²) in [6, 6.07) is 4.45. The number of carbonyl (C=O) groups is 3. The van der Waals surface area contributed by atoms with Crippen LogP contribution in [0.2, 0.25) is 5.02 Å². The van der Waals surface area contributed by atoms with Crippen LogP contribution in [0, 0.1) is 12.8 Å². The van der Waals surface area contributed by atoms with Gasteiger partial charge in [-0.2, -0.15) is 23.4 Å². The number of quaternary nitrogens is 1. The van der Waals surface area contributed by atoms with Gasteiger partial charge < -0.3 is 24.2 Å². The summed E-state index contributed by atoms with van der Waals surface area (Å²) >= 11 is 6.50. The highest BCUT2D eigenvalue weighted by Gasteiger charge is 2.39. The highest BCUT2D eigenvalue weighted by Crippen LogP contribution is 2.37. The number of halogens is 4. The van der Waals surface area contributed by atoms with Gasteiger partial charge in [0, 0.05) is 75.6 Å². The number of nitrogens with zero attached hydrogens (tertiary/aromatic N) is 8. The van der Waals surface area contributed by atoms with Crippen LogP contribution >= 0.6 is 11.6 Å². The van der Waals surface area contributed by atoms with E-state index in [1.54, 1.807) is 11.8 Å². The smallest absolute Gasteiger partial charge is 0.339 e. The Morgan fingerprint density at radius 2 is 1.73 bits per heavy atom. The topological polar surface area (TPSA) is 134 Å². The minimum Gasteiger partial charge on any atom is -0.339 e. The number of aromatic amines is 1. The van der Waals surface area contributed by atoms with E-state index in [9.17, 15) is 27.6 Å². The number of carbonyl (C=O) groups excluding carboxylic acids is 3. The van der Waals surface area contributed by atoms with Crippen LogP contribution in [0.4, 0.5) is 18.9 Å². The number of likely N-dealkylation sites (tertiary alicyclic amines) is 1. The molecule has 6 rings (SSSR count). The summed E-state index contributed by atoms with van der Waals surface area (Å²) in [5, 5.41) is 13.1. The Hall–Kier alpha value is -4.70. The molecule has 2 aliphatic heterocycles. The van der Waals surface area contributed by atoms with Crippen molar-refractivity contribution in [2.45, 2.75) is 25.9 Å². The average Bonchev–Trinajstić information content (AvgIpc) is 3.78. The Labute approximate surface area is 285 Å². The summed E-state index contributed by atoms with van der Waals surface area (Å²) in [7, 11) is 5.77. The molecule has 2 fully saturated rings. The molecule has 2 saturated heterocycles. The van der Waals surface area contributed by atoms with E-state index in [1.807, 2.05) is 4.90 Å². The standard InChI is InChI=1S/C32H36ClF3N10O3/c1-19-16-38-40-27(19)45-18-23(26(41-45)32(34,35)36)25-17-37-28(42(25)2)29(47)39-21-5-6-22(24(33)15-21)31(49)44-11-9-43(10-12-44)30(48)20-7-13-46(3,4)14-8-20/h5-6,15-18,20H,7-14H2,1-4H3,(H-,38,39,40,47,49)/p+1. The molecule has 0 saturated carbocycles. The first-order valence-electron chi connectivity index (χ1n) is 15.8. The number of imidazole rings is 1. The van der Waals surface area contributed by atoms with Crippen LogP contribution in [-0.2, 0) is 18.0 Å². The van der Waals surface area contributed by atoms with Crippen LogP contribution in [-0.4, -0.2) is 115 Å². The van der Waals surface area contributed by atoms with E-state index < -0.39 is 17.8 Å². The van der Waals surface area contributed by atoms with Crippen molar-refractivity contribution in [1.29, 1.82) is 0 Å². The molecule has 0 bridgehead atoms. The Bertz CT molecular complexity index is 1900. The molecule has 2 N–H and O–H groups in total. The molecule has 4 aromatic rings. The molecule has 3 amide bonds. The monoisotopic (exact) mass is 701 g/mol. The number of nitrogens with one attached hydrogen (secondary N) is 2. The molecule has 49 heavy (non-hydrogen) atoms. The van der Waals surface area contributed by atoms with Crippen LogP contribution in [0.3, 0.4) is 0 Å². The van der Waals surface area contributed by atoms with Gasteiger partial charge in [-0.1, -0.05) is 11.6 Å². The van der Waals surface area contributed by atoms with Gasteiger partial charge in [-0.3, -0.25) is 19.5 Å². The maximum Gasteiger partial charge on any atom is 0.435 e. The van der Waals surface area contributed by atoms with Gasteiger partial charge in [-0.25, -0.2) is 9.67 Å². The molecule has 2 aliphatic rings. The lowest BCUT2D eigenvalue weighted by molar-refractivity contribution is -0.895. The molecule has 0 radical (unpaired) electrons. The third-order valence-electron chi connectivity index (χ3n) is 9.32. The summed E-state index contributed by atoms with van der Waals surface area (Å²) in [4.78, 5) is 47.2. The van der Waals surface area contributed by atoms with Crippen molar-refractivity contribution in [2.75, 3.05) is 58.7 Å². The third kappa shape index (κ3) is 6.92. The second-order valence-corrected chi connectivity index (χ2v) is 13.6. The van der Waals surface area contributed by atoms with E-state index >= 15 is 0 Å². The first-order chi connectivity index (χ1) is 23.1. The minimum atomic E-state index is -4.79. The molecule has 260 valence electrons. The van der Waals surface area contributed by atoms with E-state index in [4.69, 9.17) is 11.6 Å². The first kappa shape index (κ1) is 34.2. The Morgan fingerprint density at radius 3 is 2.35 bits per heavy atom. The van der Waals surface area contributed by atoms with Crippen LogP contribution in [0.1, 0.15) is 45.1 Å². The number of hydrogen-bond donors (Lipinski definition) is 2. The number of H-pyrrole nitrogens is 1. The number of hydrogen-bond acceptors (Lipinski definition) is 6. The first-order valence-corrected chi connectivity index (χ1v) is 16.2. The number of amides is 3. The lowest BCUT2D eigenvalue weighted by Crippen LogP contribution is -2.54. The van der Waals surface area contributed by atoms with E-state index in [0.29, 0.717) is 31.7 Å². The minimum absolute atomic E-state index is 0.0135. The number of anilines is 1. The maximum absolute atomic E-state index is 14.0. The summed E-state index contributed by atoms with van der Waals surface area (Å²) in [6.45, 7) is 5.27. The van der Waals surface area contributed by atoms with Crippen molar-refractivity contribution in [3.63, 3.8) is 0 Å². The summed E-state index contributed by atoms with van der Waals surface area (Å²) in [6.07, 6.45) is 0.830. The summed E-state index contributed by atoms with van der Waals surface area (Å²) in [5.41, 5.74) is -0.324. The molecule has 5 heterocycles. The van der Waals surface area contributed by atoms with Gasteiger partial charge in [0.25, 0.3) is 11.8 Å². The fourth-order valence-electron chi connectivity index (χ4n) is 6.35. The predicted molar refractivity (Wildman–Crippen MR) is 174 cm³/mol. The van der Waals surface area contributed by atoms with Crippen molar-refractivity contribution in [1.82, 2.24) is 39.3 Å². The van der Waals surface area contributed by atoms with Crippen LogP contribution in [0.25, 0.3) is 17.1 Å². The predicted octanol–water partition coefficient (Wildman–Crippen LogP) is 4.00. The quantitative estimate of drug-likeness (QED) is 0.292. The SMILES string of the molecule is Cc1c[nH]nc1-n1cc(-c2cnc(C(=O)Nc3ccc(C(=O)N4CCN(C(=O)C5CC[N+](C)(C)CC5)CC4)c(Cl)c3)n2C)c(C(F)(F)F)n1. The number of rotatable bonds is 6. The number of alkyl halides is 3. The highest BCUT2D eigenvalue weighted by atomic mass is 35.5. The van der Waals surface area contributed by atoms with Gasteiger partial charge in [0.05, 0.1) is 55.2 Å². The van der Waals surface area contributed by atoms with Crippen LogP contribution in [0.5, 0.6) is 0 Å². The number of piperidine rings is 1. The van der Waals surface area contributed by atoms with Gasteiger partial charge in [-0.05, 0) is 25.1 Å². The van der Waals surface area contributed by atoms with Gasteiger partial charge in [0.1, 0.15) is 0 Å². The van der Waals surface area contributed by atoms with Crippen molar-refractivity contribution in [3.05, 3.63) is 64.5 Å². The normalized spacial score (nSPS) is 17.0. The zero-order chi connectivity index (χ0) is 35.2. The fraction of sp³-hybridized carbons (Fsp3) is 0.438. The molecule has 0 aliphatic carbocycles. The molecule has 13 nitrogen and oxygen atoms in total. The molecule has 3 aromatic heterocycles. The summed E-state index contributed by atoms with van der Waals surface area (Å²) < 4.78 is 45.2. The second kappa shape index (κ2) is 13.0. The molecular formula is C32H37ClF3N10O3+. The molecule has 0 atom stereocenters. The van der Waals surface area contributed by atoms with Crippen molar-refractivity contribution in [3.8, 4) is 17.1 Å². The van der Waals surface area contributed by atoms with Crippen molar-refractivity contribution >= 4 is 35.0 Å². The highest BCUT2D eigenvalue weighted by molar-refractivity contribution is 6.34. The van der Waals surface area contributed by atoms with Gasteiger partial charge >= 0.3 is 6.18 Å². The molecular weight excluding hydrogens is 665 g/mol. The van der Waals surface area contributed by atoms with Crippen molar-refractivity contribution in [2.24, 2.45) is 13.0 Å². The molecule has 0 unspecified atom stereocenters. The Kier molecular flexibility index (Phi) is 9.04. The average molecular weight is 702 g/mol. The van der Waals surface area contributed by atoms with Crippen LogP contribution < -0.4 is 5.32 Å². The number of aromatic nitrogens is 6. The van der Waals surface area contributed by atoms with E-state index in [1.165, 1.54) is 48.4 Å². The lowest BCUT2D eigenvalue weighted by atomic mass is 9.94. The fourth-order valence-corrected chi connectivity index (χ4v) is 6.61. The number of piperazine rings is 1. The largest absolute Gasteiger partial charge is 0.435 e. The maximum atomic E-state index is 14.0. The second-order valence-electron chi connectivity index (χ2n) is 13.2. The van der Waals surface area contributed by atoms with Gasteiger partial charge in [0.2, 0.25) is 5.91 Å². The zero-order valence-electron chi connectivity index (χ0n) is 27.5. The Balaban J connectivity index is 1.11. The van der Waals surface area contributed by atoms with E-state index in [-0.39, 0.29) is 56.9 Å². The lowest BCUT2D eigenvalue weighted by Gasteiger charge is -2.40. The van der Waals surface area contributed by atoms with Crippen molar-refractivity contribution < 1.29 is 32.0 Å². The molecule has 1 aromatic carbocycles. The van der Waals surface area contributed by atoms with Gasteiger partial charge in [0.15, 0.2) is 17.3 Å². The molecule has 17 heteroatoms. The number of benzene rings is 1. The van der Waals surface area contributed by atoms with E-state index in [2.05, 4.69) is 39.7 Å². The Morgan fingerprint density at radius 1 is 1.06 bits per heavy atom. The zero-order valence-corrected chi connectivity index (χ0v) is 28.3. The summed E-state index contributed by atoms with van der Waals surface area (Å²) in [5.74, 6) is -0.764. The molecule has 0 spiro atoms. The van der Waals surface area contributed by atoms with E-state index in [0.717, 1.165) is 35.1 Å². The van der Waals surface area contributed by atoms with Gasteiger partial charge in [-0.15, -0.1) is 0 Å². The number of aryl methyl sites for hydroxylation is 1. The van der Waals surface area contributed by atoms with Crippen LogP contribution in [0.15, 0.2) is 36.8 Å². The third-order valence-corrected chi connectivity index (χ3v) is 9.63.